The molecule has 2 unspecified atom stereocenters. The Morgan fingerprint density at radius 3 is 2.93 bits per heavy atom. The molecule has 0 bridgehead atoms. The molecule has 15 heavy (non-hydrogen) atoms. The van der Waals surface area contributed by atoms with Gasteiger partial charge in [0.05, 0.1) is 25.9 Å². The van der Waals surface area contributed by atoms with Crippen LogP contribution in [-0.2, 0) is 9.47 Å². The van der Waals surface area contributed by atoms with E-state index in [1.807, 2.05) is 6.92 Å². The predicted molar refractivity (Wildman–Crippen MR) is 60.7 cm³/mol. The molecule has 0 aromatic heterocycles. The Kier molecular flexibility index (Phi) is 6.42. The number of hydrogen-bond acceptors (Lipinski definition) is 3. The van der Waals surface area contributed by atoms with Crippen LogP contribution in [0.1, 0.15) is 26.7 Å². The summed E-state index contributed by atoms with van der Waals surface area (Å²) in [5.74, 6) is 6.01. The molecule has 0 saturated carbocycles. The van der Waals surface area contributed by atoms with Gasteiger partial charge in [-0.2, -0.15) is 0 Å². The summed E-state index contributed by atoms with van der Waals surface area (Å²) in [6, 6.07) is 0.371. The van der Waals surface area contributed by atoms with E-state index >= 15 is 0 Å². The Morgan fingerprint density at radius 2 is 2.33 bits per heavy atom. The summed E-state index contributed by atoms with van der Waals surface area (Å²) >= 11 is 0. The summed E-state index contributed by atoms with van der Waals surface area (Å²) in [5.41, 5.74) is 0. The highest BCUT2D eigenvalue weighted by atomic mass is 16.6. The van der Waals surface area contributed by atoms with Gasteiger partial charge in [0.2, 0.25) is 0 Å². The van der Waals surface area contributed by atoms with Crippen LogP contribution >= 0.6 is 0 Å². The molecule has 0 aromatic carbocycles. The lowest BCUT2D eigenvalue weighted by Crippen LogP contribution is -2.46. The molecule has 1 heterocycles. The largest absolute Gasteiger partial charge is 0.376 e. The summed E-state index contributed by atoms with van der Waals surface area (Å²) in [7, 11) is 0. The van der Waals surface area contributed by atoms with Gasteiger partial charge in [-0.15, -0.1) is 11.8 Å². The molecule has 0 radical (unpaired) electrons. The third-order valence-corrected chi connectivity index (χ3v) is 2.51. The molecule has 1 fully saturated rings. The Balaban J connectivity index is 2.35. The minimum absolute atomic E-state index is 0.192. The van der Waals surface area contributed by atoms with Gasteiger partial charge in [0, 0.05) is 12.5 Å². The Morgan fingerprint density at radius 1 is 1.47 bits per heavy atom. The average molecular weight is 211 g/mol. The van der Waals surface area contributed by atoms with Crippen molar-refractivity contribution in [3.8, 4) is 11.8 Å². The minimum Gasteiger partial charge on any atom is -0.376 e. The summed E-state index contributed by atoms with van der Waals surface area (Å²) in [5, 5.41) is 3.44. The van der Waals surface area contributed by atoms with Gasteiger partial charge >= 0.3 is 0 Å². The lowest BCUT2D eigenvalue weighted by molar-refractivity contribution is -0.102. The van der Waals surface area contributed by atoms with Crippen molar-refractivity contribution in [2.75, 3.05) is 26.4 Å². The van der Waals surface area contributed by atoms with Gasteiger partial charge in [-0.05, 0) is 19.9 Å². The zero-order valence-electron chi connectivity index (χ0n) is 9.71. The van der Waals surface area contributed by atoms with Crippen LogP contribution in [0.5, 0.6) is 0 Å². The van der Waals surface area contributed by atoms with Crippen molar-refractivity contribution in [3.63, 3.8) is 0 Å². The zero-order chi connectivity index (χ0) is 10.9. The fourth-order valence-corrected chi connectivity index (χ4v) is 1.77. The number of hydrogen-bond donors (Lipinski definition) is 1. The average Bonchev–Trinajstić information content (AvgIpc) is 2.29. The first-order valence-corrected chi connectivity index (χ1v) is 5.70. The maximum Gasteiger partial charge on any atom is 0.0962 e. The molecule has 0 spiro atoms. The molecule has 0 amide bonds. The van der Waals surface area contributed by atoms with E-state index in [9.17, 15) is 0 Å². The maximum atomic E-state index is 5.69. The van der Waals surface area contributed by atoms with Crippen molar-refractivity contribution in [1.29, 1.82) is 0 Å². The number of nitrogens with one attached hydrogen (secondary N) is 1. The first kappa shape index (κ1) is 12.5. The number of ether oxygens (including phenoxy) is 2. The van der Waals surface area contributed by atoms with E-state index in [0.717, 1.165) is 26.0 Å². The summed E-state index contributed by atoms with van der Waals surface area (Å²) in [4.78, 5) is 0. The monoisotopic (exact) mass is 211 g/mol. The SMILES string of the molecule is CC#CCCC(NCC)C1COCCO1. The third kappa shape index (κ3) is 4.65. The summed E-state index contributed by atoms with van der Waals surface area (Å²) in [6.45, 7) is 7.10. The molecule has 1 aliphatic heterocycles. The van der Waals surface area contributed by atoms with Gasteiger partial charge in [-0.1, -0.05) is 6.92 Å². The highest BCUT2D eigenvalue weighted by molar-refractivity contribution is 4.96. The van der Waals surface area contributed by atoms with E-state index in [0.29, 0.717) is 19.3 Å². The van der Waals surface area contributed by atoms with Gasteiger partial charge in [-0.3, -0.25) is 0 Å². The van der Waals surface area contributed by atoms with E-state index in [2.05, 4.69) is 24.1 Å². The topological polar surface area (TPSA) is 30.5 Å². The summed E-state index contributed by atoms with van der Waals surface area (Å²) < 4.78 is 11.1. The second kappa shape index (κ2) is 7.70. The predicted octanol–water partition coefficient (Wildman–Crippen LogP) is 1.18. The first-order valence-electron chi connectivity index (χ1n) is 5.70. The van der Waals surface area contributed by atoms with E-state index in [-0.39, 0.29) is 6.10 Å². The normalized spacial score (nSPS) is 22.9. The Hall–Kier alpha value is -0.560. The Bertz CT molecular complexity index is 213. The van der Waals surface area contributed by atoms with Crippen LogP contribution in [-0.4, -0.2) is 38.5 Å². The van der Waals surface area contributed by atoms with Crippen LogP contribution < -0.4 is 5.32 Å². The van der Waals surface area contributed by atoms with Crippen molar-refractivity contribution in [3.05, 3.63) is 0 Å². The molecule has 0 aromatic rings. The van der Waals surface area contributed by atoms with E-state index in [1.54, 1.807) is 0 Å². The molecule has 1 N–H and O–H groups in total. The highest BCUT2D eigenvalue weighted by Gasteiger charge is 2.23. The van der Waals surface area contributed by atoms with Crippen molar-refractivity contribution in [2.45, 2.75) is 38.8 Å². The van der Waals surface area contributed by atoms with Gasteiger partial charge in [0.15, 0.2) is 0 Å². The Labute approximate surface area is 92.5 Å². The van der Waals surface area contributed by atoms with Crippen molar-refractivity contribution < 1.29 is 9.47 Å². The molecular formula is C12H21NO2. The number of likely N-dealkylation sites (N-methyl/N-ethyl adjacent to an activating group) is 1. The van der Waals surface area contributed by atoms with Crippen LogP contribution in [0.25, 0.3) is 0 Å². The van der Waals surface area contributed by atoms with Gasteiger partial charge in [0.1, 0.15) is 0 Å². The van der Waals surface area contributed by atoms with E-state index < -0.39 is 0 Å². The standard InChI is InChI=1S/C12H21NO2/c1-3-5-6-7-11(13-4-2)12-10-14-8-9-15-12/h11-13H,4,6-10H2,1-2H3. The van der Waals surface area contributed by atoms with Crippen molar-refractivity contribution >= 4 is 0 Å². The van der Waals surface area contributed by atoms with Crippen molar-refractivity contribution in [1.82, 2.24) is 5.32 Å². The van der Waals surface area contributed by atoms with Crippen LogP contribution in [0.4, 0.5) is 0 Å². The molecular weight excluding hydrogens is 190 g/mol. The van der Waals surface area contributed by atoms with Crippen molar-refractivity contribution in [2.24, 2.45) is 0 Å². The second-order valence-electron chi connectivity index (χ2n) is 3.61. The molecule has 1 rings (SSSR count). The first-order chi connectivity index (χ1) is 7.38. The number of rotatable bonds is 5. The lowest BCUT2D eigenvalue weighted by Gasteiger charge is -2.30. The summed E-state index contributed by atoms with van der Waals surface area (Å²) in [6.07, 6.45) is 2.15. The second-order valence-corrected chi connectivity index (χ2v) is 3.61. The maximum absolute atomic E-state index is 5.69. The molecule has 86 valence electrons. The highest BCUT2D eigenvalue weighted by Crippen LogP contribution is 2.10. The van der Waals surface area contributed by atoms with Gasteiger partial charge < -0.3 is 14.8 Å². The fraction of sp³-hybridized carbons (Fsp3) is 0.833. The van der Waals surface area contributed by atoms with Crippen LogP contribution in [0.2, 0.25) is 0 Å². The molecule has 3 heteroatoms. The van der Waals surface area contributed by atoms with Crippen LogP contribution in [0.3, 0.4) is 0 Å². The van der Waals surface area contributed by atoms with E-state index in [1.165, 1.54) is 0 Å². The third-order valence-electron chi connectivity index (χ3n) is 2.51. The van der Waals surface area contributed by atoms with Crippen LogP contribution in [0, 0.1) is 11.8 Å². The quantitative estimate of drug-likeness (QED) is 0.693. The molecule has 3 nitrogen and oxygen atoms in total. The van der Waals surface area contributed by atoms with E-state index in [4.69, 9.17) is 9.47 Å². The smallest absolute Gasteiger partial charge is 0.0962 e. The molecule has 1 aliphatic rings. The minimum atomic E-state index is 0.192. The van der Waals surface area contributed by atoms with Crippen LogP contribution in [0.15, 0.2) is 0 Å². The zero-order valence-corrected chi connectivity index (χ0v) is 9.71. The van der Waals surface area contributed by atoms with Gasteiger partial charge in [0.25, 0.3) is 0 Å². The lowest BCUT2D eigenvalue weighted by atomic mass is 10.1. The van der Waals surface area contributed by atoms with Gasteiger partial charge in [-0.25, -0.2) is 0 Å². The molecule has 0 aliphatic carbocycles. The molecule has 2 atom stereocenters. The molecule has 1 saturated heterocycles. The fourth-order valence-electron chi connectivity index (χ4n) is 1.77.